The van der Waals surface area contributed by atoms with Crippen molar-refractivity contribution in [2.45, 2.75) is 90.4 Å². The molecule has 23 heavy (non-hydrogen) atoms. The highest BCUT2D eigenvalue weighted by molar-refractivity contribution is 7.79. The molecule has 0 aliphatic carbocycles. The minimum absolute atomic E-state index is 0.417. The standard InChI is InChI=1S/C19H41NO2S/c1-4-5-6-7-8-9-10-11-12-13-14-15-17-20(2,3)18-16-19-23(21)22/h4-19H2,1-3H3/p+1. The van der Waals surface area contributed by atoms with E-state index in [1.54, 1.807) is 0 Å². The Morgan fingerprint density at radius 2 is 1.09 bits per heavy atom. The number of hydrogen-bond donors (Lipinski definition) is 1. The van der Waals surface area contributed by atoms with Crippen molar-refractivity contribution >= 4 is 11.1 Å². The molecule has 1 atom stereocenters. The van der Waals surface area contributed by atoms with Crippen LogP contribution in [-0.2, 0) is 11.1 Å². The largest absolute Gasteiger partial charge is 0.328 e. The molecular formula is C19H42NO2S+. The molecule has 1 unspecified atom stereocenters. The Labute approximate surface area is 148 Å². The predicted octanol–water partition coefficient (Wildman–Crippen LogP) is 5.38. The lowest BCUT2D eigenvalue weighted by molar-refractivity contribution is -0.890. The monoisotopic (exact) mass is 348 g/mol. The van der Waals surface area contributed by atoms with Gasteiger partial charge in [0.1, 0.15) is 0 Å². The molecular weight excluding hydrogens is 306 g/mol. The van der Waals surface area contributed by atoms with Gasteiger partial charge in [0.25, 0.3) is 0 Å². The average Bonchev–Trinajstić information content (AvgIpc) is 2.47. The Balaban J connectivity index is 3.29. The Kier molecular flexibility index (Phi) is 15.6. The van der Waals surface area contributed by atoms with Gasteiger partial charge in [0.15, 0.2) is 11.1 Å². The Morgan fingerprint density at radius 3 is 1.52 bits per heavy atom. The van der Waals surface area contributed by atoms with Crippen LogP contribution in [0.4, 0.5) is 0 Å². The lowest BCUT2D eigenvalue weighted by Crippen LogP contribution is -2.41. The van der Waals surface area contributed by atoms with Crippen LogP contribution in [0.25, 0.3) is 0 Å². The molecule has 0 rings (SSSR count). The van der Waals surface area contributed by atoms with Gasteiger partial charge in [-0.05, 0) is 12.8 Å². The molecule has 0 amide bonds. The molecule has 0 aliphatic heterocycles. The maximum Gasteiger partial charge on any atom is 0.153 e. The van der Waals surface area contributed by atoms with E-state index in [0.717, 1.165) is 17.4 Å². The molecule has 0 aliphatic rings. The number of unbranched alkanes of at least 4 members (excludes halogenated alkanes) is 11. The SMILES string of the molecule is CCCCCCCCCCCCCC[N+](C)(C)CCCS(=O)O. The first-order valence-electron chi connectivity index (χ1n) is 9.87. The zero-order valence-corrected chi connectivity index (χ0v) is 16.8. The highest BCUT2D eigenvalue weighted by atomic mass is 32.2. The molecule has 0 aromatic carbocycles. The third-order valence-corrected chi connectivity index (χ3v) is 5.34. The second-order valence-electron chi connectivity index (χ2n) is 7.65. The third kappa shape index (κ3) is 18.3. The number of hydrogen-bond acceptors (Lipinski definition) is 1. The van der Waals surface area contributed by atoms with Gasteiger partial charge in [0.05, 0.1) is 32.9 Å². The van der Waals surface area contributed by atoms with Crippen molar-refractivity contribution in [1.82, 2.24) is 0 Å². The highest BCUT2D eigenvalue weighted by Gasteiger charge is 2.14. The maximum atomic E-state index is 10.7. The minimum atomic E-state index is -1.63. The van der Waals surface area contributed by atoms with E-state index in [1.807, 2.05) is 0 Å². The summed E-state index contributed by atoms with van der Waals surface area (Å²) in [5.74, 6) is 0.417. The van der Waals surface area contributed by atoms with Gasteiger partial charge in [-0.15, -0.1) is 0 Å². The molecule has 0 aromatic rings. The summed E-state index contributed by atoms with van der Waals surface area (Å²) in [5, 5.41) is 0. The van der Waals surface area contributed by atoms with Crippen molar-refractivity contribution in [3.05, 3.63) is 0 Å². The maximum absolute atomic E-state index is 10.7. The Morgan fingerprint density at radius 1 is 0.696 bits per heavy atom. The van der Waals surface area contributed by atoms with Crippen LogP contribution in [0.3, 0.4) is 0 Å². The van der Waals surface area contributed by atoms with E-state index in [2.05, 4.69) is 21.0 Å². The van der Waals surface area contributed by atoms with Crippen LogP contribution in [0.2, 0.25) is 0 Å². The van der Waals surface area contributed by atoms with Gasteiger partial charge in [-0.2, -0.15) is 0 Å². The molecule has 0 spiro atoms. The summed E-state index contributed by atoms with van der Waals surface area (Å²) < 4.78 is 20.4. The van der Waals surface area contributed by atoms with Crippen LogP contribution in [0.5, 0.6) is 0 Å². The first-order valence-corrected chi connectivity index (χ1v) is 11.1. The van der Waals surface area contributed by atoms with Crippen LogP contribution in [-0.4, -0.2) is 46.2 Å². The van der Waals surface area contributed by atoms with Crippen LogP contribution in [0.15, 0.2) is 0 Å². The van der Waals surface area contributed by atoms with E-state index in [0.29, 0.717) is 5.75 Å². The van der Waals surface area contributed by atoms with Crippen molar-refractivity contribution < 1.29 is 13.2 Å². The van der Waals surface area contributed by atoms with Crippen molar-refractivity contribution in [2.24, 2.45) is 0 Å². The van der Waals surface area contributed by atoms with Crippen molar-refractivity contribution in [1.29, 1.82) is 0 Å². The smallest absolute Gasteiger partial charge is 0.153 e. The van der Waals surface area contributed by atoms with Crippen LogP contribution in [0.1, 0.15) is 90.4 Å². The van der Waals surface area contributed by atoms with Crippen molar-refractivity contribution in [3.63, 3.8) is 0 Å². The average molecular weight is 349 g/mol. The fourth-order valence-electron chi connectivity index (χ4n) is 3.11. The summed E-state index contributed by atoms with van der Waals surface area (Å²) in [6.45, 7) is 4.47. The molecule has 0 saturated heterocycles. The molecule has 4 heteroatoms. The molecule has 0 heterocycles. The van der Waals surface area contributed by atoms with Crippen LogP contribution < -0.4 is 0 Å². The van der Waals surface area contributed by atoms with Gasteiger partial charge in [-0.3, -0.25) is 0 Å². The molecule has 0 radical (unpaired) electrons. The van der Waals surface area contributed by atoms with Gasteiger partial charge in [0, 0.05) is 6.42 Å². The fourth-order valence-corrected chi connectivity index (χ4v) is 3.48. The quantitative estimate of drug-likeness (QED) is 0.218. The van der Waals surface area contributed by atoms with Gasteiger partial charge in [-0.1, -0.05) is 71.1 Å². The Bertz CT molecular complexity index is 283. The molecule has 0 fully saturated rings. The van der Waals surface area contributed by atoms with Gasteiger partial charge in [0.2, 0.25) is 0 Å². The van der Waals surface area contributed by atoms with Crippen molar-refractivity contribution in [3.8, 4) is 0 Å². The second kappa shape index (κ2) is 15.6. The van der Waals surface area contributed by atoms with Crippen LogP contribution in [0, 0.1) is 0 Å². The normalized spacial score (nSPS) is 13.4. The summed E-state index contributed by atoms with van der Waals surface area (Å²) in [4.78, 5) is 0. The molecule has 1 N–H and O–H groups in total. The lowest BCUT2D eigenvalue weighted by Gasteiger charge is -2.29. The van der Waals surface area contributed by atoms with Crippen LogP contribution >= 0.6 is 0 Å². The second-order valence-corrected chi connectivity index (χ2v) is 8.70. The lowest BCUT2D eigenvalue weighted by atomic mass is 10.1. The van der Waals surface area contributed by atoms with E-state index >= 15 is 0 Å². The summed E-state index contributed by atoms with van der Waals surface area (Å²) in [6, 6.07) is 0. The molecule has 0 bridgehead atoms. The molecule has 0 saturated carbocycles. The molecule has 3 nitrogen and oxygen atoms in total. The first-order chi connectivity index (χ1) is 11.0. The predicted molar refractivity (Wildman–Crippen MR) is 103 cm³/mol. The van der Waals surface area contributed by atoms with Gasteiger partial charge < -0.3 is 9.04 Å². The number of quaternary nitrogens is 1. The highest BCUT2D eigenvalue weighted by Crippen LogP contribution is 2.12. The number of rotatable bonds is 17. The summed E-state index contributed by atoms with van der Waals surface area (Å²) >= 11 is -1.63. The molecule has 140 valence electrons. The van der Waals surface area contributed by atoms with E-state index < -0.39 is 11.1 Å². The van der Waals surface area contributed by atoms with E-state index in [4.69, 9.17) is 4.55 Å². The van der Waals surface area contributed by atoms with E-state index in [9.17, 15) is 4.21 Å². The zero-order valence-electron chi connectivity index (χ0n) is 16.0. The van der Waals surface area contributed by atoms with Gasteiger partial charge in [-0.25, -0.2) is 4.21 Å². The first kappa shape index (κ1) is 23.1. The van der Waals surface area contributed by atoms with Crippen molar-refractivity contribution in [2.75, 3.05) is 32.9 Å². The van der Waals surface area contributed by atoms with Gasteiger partial charge >= 0.3 is 0 Å². The zero-order chi connectivity index (χ0) is 17.4. The third-order valence-electron chi connectivity index (χ3n) is 4.70. The summed E-state index contributed by atoms with van der Waals surface area (Å²) in [5.41, 5.74) is 0. The van der Waals surface area contributed by atoms with E-state index in [-0.39, 0.29) is 0 Å². The summed E-state index contributed by atoms with van der Waals surface area (Å²) in [6.07, 6.45) is 17.5. The molecule has 0 aromatic heterocycles. The summed E-state index contributed by atoms with van der Waals surface area (Å²) in [7, 11) is 4.47. The fraction of sp³-hybridized carbons (Fsp3) is 1.00. The Hall–Kier alpha value is 0.0700. The topological polar surface area (TPSA) is 37.3 Å². The van der Waals surface area contributed by atoms with E-state index in [1.165, 1.54) is 83.6 Å². The minimum Gasteiger partial charge on any atom is -0.328 e. The number of nitrogens with zero attached hydrogens (tertiary/aromatic N) is 1.